The van der Waals surface area contributed by atoms with Gasteiger partial charge in [0.05, 0.1) is 0 Å². The number of nitrogens with one attached hydrogen (secondary N) is 1. The number of rotatable bonds is 3. The topological polar surface area (TPSA) is 74.9 Å². The maximum absolute atomic E-state index is 11.9. The number of carbonyl (C=O) groups is 1. The Bertz CT molecular complexity index is 584. The van der Waals surface area contributed by atoms with Gasteiger partial charge in [0.25, 0.3) is 5.56 Å². The zero-order chi connectivity index (χ0) is 14.6. The number of pyridine rings is 1. The van der Waals surface area contributed by atoms with Crippen LogP contribution in [0.1, 0.15) is 11.3 Å². The van der Waals surface area contributed by atoms with Crippen molar-refractivity contribution in [3.05, 3.63) is 33.7 Å². The molecule has 0 unspecified atom stereocenters. The second kappa shape index (κ2) is 5.56. The number of hydrogen-bond donors (Lipinski definition) is 1. The summed E-state index contributed by atoms with van der Waals surface area (Å²) < 4.78 is 36.7. The van der Waals surface area contributed by atoms with Crippen LogP contribution < -0.4 is 10.9 Å². The summed E-state index contributed by atoms with van der Waals surface area (Å²) in [6, 6.07) is 4.38. The molecule has 0 spiro atoms. The van der Waals surface area contributed by atoms with Crippen LogP contribution >= 0.6 is 0 Å². The average molecular weight is 273 g/mol. The number of aryl methyl sites for hydroxylation is 1. The summed E-state index contributed by atoms with van der Waals surface area (Å²) in [6.45, 7) is -0.507. The predicted octanol–water partition coefficient (Wildman–Crippen LogP) is 0.707. The number of amides is 1. The Kier molecular flexibility index (Phi) is 4.32. The normalized spacial score (nSPS) is 10.9. The molecule has 1 rings (SSSR count). The quantitative estimate of drug-likeness (QED) is 0.881. The van der Waals surface area contributed by atoms with Crippen molar-refractivity contribution >= 4 is 5.91 Å². The highest BCUT2D eigenvalue weighted by Crippen LogP contribution is 2.12. The molecule has 0 fully saturated rings. The van der Waals surface area contributed by atoms with E-state index in [1.165, 1.54) is 19.1 Å². The molecule has 0 radical (unpaired) electrons. The Morgan fingerprint density at radius 3 is 2.63 bits per heavy atom. The van der Waals surface area contributed by atoms with Crippen molar-refractivity contribution in [2.45, 2.75) is 19.6 Å². The third-order valence-electron chi connectivity index (χ3n) is 2.30. The molecule has 0 aliphatic heterocycles. The van der Waals surface area contributed by atoms with Crippen LogP contribution in [0.3, 0.4) is 0 Å². The van der Waals surface area contributed by atoms with E-state index < -0.39 is 30.7 Å². The lowest BCUT2D eigenvalue weighted by Crippen LogP contribution is -2.38. The summed E-state index contributed by atoms with van der Waals surface area (Å²) in [5.74, 6) is -0.947. The fourth-order valence-electron chi connectivity index (χ4n) is 1.35. The predicted molar refractivity (Wildman–Crippen MR) is 59.2 cm³/mol. The van der Waals surface area contributed by atoms with Crippen LogP contribution in [-0.2, 0) is 11.3 Å². The first-order chi connectivity index (χ1) is 8.74. The molecule has 0 saturated heterocycles. The van der Waals surface area contributed by atoms with Crippen molar-refractivity contribution in [2.75, 3.05) is 6.54 Å². The molecule has 1 aromatic heterocycles. The molecule has 1 N–H and O–H groups in total. The molecule has 0 aromatic carbocycles. The number of carbonyl (C=O) groups excluding carboxylic acids is 1. The second-order valence-electron chi connectivity index (χ2n) is 3.78. The van der Waals surface area contributed by atoms with Gasteiger partial charge >= 0.3 is 6.18 Å². The highest BCUT2D eigenvalue weighted by atomic mass is 19.4. The molecule has 1 amide bonds. The molecule has 19 heavy (non-hydrogen) atoms. The number of nitriles is 1. The minimum Gasteiger partial charge on any atom is -0.345 e. The van der Waals surface area contributed by atoms with Gasteiger partial charge in [0.2, 0.25) is 5.91 Å². The molecule has 1 heterocycles. The van der Waals surface area contributed by atoms with Crippen LogP contribution in [0.25, 0.3) is 0 Å². The average Bonchev–Trinajstić information content (AvgIpc) is 2.31. The van der Waals surface area contributed by atoms with Crippen molar-refractivity contribution in [3.8, 4) is 6.07 Å². The van der Waals surface area contributed by atoms with Gasteiger partial charge < -0.3 is 9.88 Å². The Balaban J connectivity index is 2.86. The fourth-order valence-corrected chi connectivity index (χ4v) is 1.35. The van der Waals surface area contributed by atoms with E-state index in [1.54, 1.807) is 11.4 Å². The van der Waals surface area contributed by atoms with E-state index in [0.717, 1.165) is 4.57 Å². The minimum atomic E-state index is -4.51. The van der Waals surface area contributed by atoms with Crippen molar-refractivity contribution in [1.82, 2.24) is 9.88 Å². The first kappa shape index (κ1) is 14.8. The number of aromatic nitrogens is 1. The number of hydrogen-bond acceptors (Lipinski definition) is 3. The SMILES string of the molecule is Cc1ccc(C#N)c(=O)n1CC(=O)NCC(F)(F)F. The summed E-state index contributed by atoms with van der Waals surface area (Å²) in [4.78, 5) is 23.0. The molecule has 5 nitrogen and oxygen atoms in total. The lowest BCUT2D eigenvalue weighted by atomic mass is 10.2. The van der Waals surface area contributed by atoms with Gasteiger partial charge in [-0.2, -0.15) is 18.4 Å². The molecule has 0 bridgehead atoms. The van der Waals surface area contributed by atoms with Gasteiger partial charge in [-0.15, -0.1) is 0 Å². The van der Waals surface area contributed by atoms with E-state index in [-0.39, 0.29) is 5.56 Å². The molecule has 8 heteroatoms. The maximum atomic E-state index is 11.9. The molecule has 0 atom stereocenters. The van der Waals surface area contributed by atoms with E-state index in [2.05, 4.69) is 0 Å². The lowest BCUT2D eigenvalue weighted by Gasteiger charge is -2.11. The van der Waals surface area contributed by atoms with Gasteiger partial charge in [0, 0.05) is 5.69 Å². The van der Waals surface area contributed by atoms with Crippen molar-refractivity contribution in [2.24, 2.45) is 0 Å². The number of nitrogens with zero attached hydrogens (tertiary/aromatic N) is 2. The van der Waals surface area contributed by atoms with E-state index in [9.17, 15) is 22.8 Å². The highest BCUT2D eigenvalue weighted by Gasteiger charge is 2.27. The zero-order valence-corrected chi connectivity index (χ0v) is 9.91. The van der Waals surface area contributed by atoms with E-state index in [0.29, 0.717) is 5.69 Å². The van der Waals surface area contributed by atoms with Crippen LogP contribution in [0.4, 0.5) is 13.2 Å². The summed E-state index contributed by atoms with van der Waals surface area (Å²) >= 11 is 0. The van der Waals surface area contributed by atoms with Crippen LogP contribution in [0.5, 0.6) is 0 Å². The van der Waals surface area contributed by atoms with Gasteiger partial charge in [-0.1, -0.05) is 0 Å². The van der Waals surface area contributed by atoms with Crippen LogP contribution in [0, 0.1) is 18.3 Å². The van der Waals surface area contributed by atoms with E-state index >= 15 is 0 Å². The van der Waals surface area contributed by atoms with Gasteiger partial charge in [-0.3, -0.25) is 9.59 Å². The molecule has 102 valence electrons. The first-order valence-corrected chi connectivity index (χ1v) is 5.18. The molecule has 0 aliphatic rings. The highest BCUT2D eigenvalue weighted by molar-refractivity contribution is 5.75. The summed E-state index contributed by atoms with van der Waals surface area (Å²) in [7, 11) is 0. The first-order valence-electron chi connectivity index (χ1n) is 5.18. The van der Waals surface area contributed by atoms with Crippen LogP contribution in [0.2, 0.25) is 0 Å². The van der Waals surface area contributed by atoms with Gasteiger partial charge in [-0.25, -0.2) is 0 Å². The Labute approximate surface area is 106 Å². The van der Waals surface area contributed by atoms with Gasteiger partial charge in [0.15, 0.2) is 0 Å². The van der Waals surface area contributed by atoms with E-state index in [1.807, 2.05) is 0 Å². The third kappa shape index (κ3) is 4.13. The second-order valence-corrected chi connectivity index (χ2v) is 3.78. The summed E-state index contributed by atoms with van der Waals surface area (Å²) in [5, 5.41) is 10.3. The molecular formula is C11H10F3N3O2. The smallest absolute Gasteiger partial charge is 0.345 e. The largest absolute Gasteiger partial charge is 0.405 e. The van der Waals surface area contributed by atoms with Crippen molar-refractivity contribution in [1.29, 1.82) is 5.26 Å². The molecule has 1 aromatic rings. The molecular weight excluding hydrogens is 263 g/mol. The summed E-state index contributed by atoms with van der Waals surface area (Å²) in [5.41, 5.74) is -0.495. The maximum Gasteiger partial charge on any atom is 0.405 e. The number of alkyl halides is 3. The van der Waals surface area contributed by atoms with Crippen molar-refractivity contribution < 1.29 is 18.0 Å². The van der Waals surface area contributed by atoms with Gasteiger partial charge in [-0.05, 0) is 19.1 Å². The molecule has 0 saturated carbocycles. The fraction of sp³-hybridized carbons (Fsp3) is 0.364. The van der Waals surface area contributed by atoms with E-state index in [4.69, 9.17) is 5.26 Å². The minimum absolute atomic E-state index is 0.172. The molecule has 0 aliphatic carbocycles. The Hall–Kier alpha value is -2.30. The summed E-state index contributed by atoms with van der Waals surface area (Å²) in [6.07, 6.45) is -4.51. The Morgan fingerprint density at radius 2 is 2.11 bits per heavy atom. The van der Waals surface area contributed by atoms with Gasteiger partial charge in [0.1, 0.15) is 24.7 Å². The monoisotopic (exact) mass is 273 g/mol. The number of halogens is 3. The lowest BCUT2D eigenvalue weighted by molar-refractivity contribution is -0.138. The van der Waals surface area contributed by atoms with Crippen molar-refractivity contribution in [3.63, 3.8) is 0 Å². The van der Waals surface area contributed by atoms with Crippen LogP contribution in [-0.4, -0.2) is 23.2 Å². The zero-order valence-electron chi connectivity index (χ0n) is 9.91. The standard InChI is InChI=1S/C11H10F3N3O2/c1-7-2-3-8(4-15)10(19)17(7)5-9(18)16-6-11(12,13)14/h2-3H,5-6H2,1H3,(H,16,18). The van der Waals surface area contributed by atoms with Crippen LogP contribution in [0.15, 0.2) is 16.9 Å². The Morgan fingerprint density at radius 1 is 1.47 bits per heavy atom. The third-order valence-corrected chi connectivity index (χ3v) is 2.30.